The van der Waals surface area contributed by atoms with Crippen molar-refractivity contribution in [3.05, 3.63) is 59.0 Å². The summed E-state index contributed by atoms with van der Waals surface area (Å²) in [6.07, 6.45) is 2.99. The van der Waals surface area contributed by atoms with Crippen molar-refractivity contribution in [2.45, 2.75) is 17.6 Å². The van der Waals surface area contributed by atoms with Gasteiger partial charge in [0.25, 0.3) is 0 Å². The fourth-order valence-corrected chi connectivity index (χ4v) is 4.98. The third-order valence-corrected chi connectivity index (χ3v) is 6.15. The summed E-state index contributed by atoms with van der Waals surface area (Å²) in [5.41, 5.74) is 1.24. The average Bonchev–Trinajstić information content (AvgIpc) is 2.83. The van der Waals surface area contributed by atoms with E-state index in [0.717, 1.165) is 0 Å². The Kier molecular flexibility index (Phi) is 3.51. The smallest absolute Gasteiger partial charge is 0.182 e. The van der Waals surface area contributed by atoms with Crippen LogP contribution >= 0.6 is 11.3 Å². The van der Waals surface area contributed by atoms with Crippen LogP contribution in [-0.4, -0.2) is 13.4 Å². The van der Waals surface area contributed by atoms with E-state index in [4.69, 9.17) is 0 Å². The molecule has 0 aliphatic heterocycles. The highest BCUT2D eigenvalue weighted by atomic mass is 32.2. The lowest BCUT2D eigenvalue weighted by atomic mass is 10.2. The number of halogens is 1. The van der Waals surface area contributed by atoms with Crippen LogP contribution < -0.4 is 0 Å². The Bertz CT molecular complexity index is 916. The summed E-state index contributed by atoms with van der Waals surface area (Å²) in [7, 11) is -3.47. The quantitative estimate of drug-likeness (QED) is 0.738. The maximum absolute atomic E-state index is 13.7. The van der Waals surface area contributed by atoms with Gasteiger partial charge in [-0.05, 0) is 40.9 Å². The summed E-state index contributed by atoms with van der Waals surface area (Å²) in [6, 6.07) is 6.22. The zero-order valence-corrected chi connectivity index (χ0v) is 12.8. The van der Waals surface area contributed by atoms with Crippen LogP contribution in [0.2, 0.25) is 0 Å². The molecule has 0 atom stereocenters. The lowest BCUT2D eigenvalue weighted by Gasteiger charge is -2.06. The molecule has 0 unspecified atom stereocenters. The van der Waals surface area contributed by atoms with Crippen LogP contribution in [0.5, 0.6) is 0 Å². The number of pyridine rings is 1. The van der Waals surface area contributed by atoms with E-state index < -0.39 is 9.84 Å². The van der Waals surface area contributed by atoms with Crippen LogP contribution in [0.4, 0.5) is 4.39 Å². The summed E-state index contributed by atoms with van der Waals surface area (Å²) in [5.74, 6) is -0.456. The number of hydrogen-bond donors (Lipinski definition) is 0. The number of sulfone groups is 1. The Hall–Kier alpha value is -1.79. The number of benzene rings is 1. The Labute approximate surface area is 126 Å². The molecule has 2 heterocycles. The van der Waals surface area contributed by atoms with Crippen LogP contribution in [-0.2, 0) is 15.6 Å². The first-order valence-electron chi connectivity index (χ1n) is 6.27. The molecule has 0 spiro atoms. The molecule has 0 radical (unpaired) electrons. The van der Waals surface area contributed by atoms with Gasteiger partial charge in [0, 0.05) is 12.4 Å². The van der Waals surface area contributed by atoms with Crippen molar-refractivity contribution in [3.8, 4) is 0 Å². The van der Waals surface area contributed by atoms with E-state index >= 15 is 0 Å². The SMILES string of the molecule is Cc1cnccc1S(=O)(=O)Cc1csc2c(F)cccc12. The van der Waals surface area contributed by atoms with Crippen molar-refractivity contribution in [1.29, 1.82) is 0 Å². The molecule has 2 aromatic heterocycles. The molecule has 0 amide bonds. The predicted molar refractivity (Wildman–Crippen MR) is 81.6 cm³/mol. The van der Waals surface area contributed by atoms with Crippen LogP contribution in [0.3, 0.4) is 0 Å². The van der Waals surface area contributed by atoms with Gasteiger partial charge in [-0.2, -0.15) is 0 Å². The molecule has 0 fully saturated rings. The van der Waals surface area contributed by atoms with Crippen molar-refractivity contribution in [3.63, 3.8) is 0 Å². The highest BCUT2D eigenvalue weighted by molar-refractivity contribution is 7.90. The highest BCUT2D eigenvalue weighted by Crippen LogP contribution is 2.31. The number of thiophene rings is 1. The highest BCUT2D eigenvalue weighted by Gasteiger charge is 2.20. The van der Waals surface area contributed by atoms with Crippen LogP contribution in [0.15, 0.2) is 46.9 Å². The maximum Gasteiger partial charge on any atom is 0.182 e. The summed E-state index contributed by atoms with van der Waals surface area (Å²) in [6.45, 7) is 1.71. The average molecular weight is 321 g/mol. The minimum absolute atomic E-state index is 0.138. The number of aromatic nitrogens is 1. The van der Waals surface area contributed by atoms with E-state index in [1.54, 1.807) is 24.4 Å². The molecule has 3 aromatic rings. The van der Waals surface area contributed by atoms with Gasteiger partial charge in [-0.1, -0.05) is 12.1 Å². The molecular weight excluding hydrogens is 309 g/mol. The molecule has 3 nitrogen and oxygen atoms in total. The van der Waals surface area contributed by atoms with Crippen molar-refractivity contribution in [1.82, 2.24) is 4.98 Å². The van der Waals surface area contributed by atoms with Crippen molar-refractivity contribution < 1.29 is 12.8 Å². The summed E-state index contributed by atoms with van der Waals surface area (Å²) in [4.78, 5) is 4.18. The molecule has 108 valence electrons. The van der Waals surface area contributed by atoms with E-state index in [1.165, 1.54) is 35.9 Å². The van der Waals surface area contributed by atoms with E-state index in [2.05, 4.69) is 4.98 Å². The second kappa shape index (κ2) is 5.20. The largest absolute Gasteiger partial charge is 0.264 e. The third kappa shape index (κ3) is 2.56. The molecule has 0 N–H and O–H groups in total. The fraction of sp³-hybridized carbons (Fsp3) is 0.133. The van der Waals surface area contributed by atoms with Gasteiger partial charge in [0.15, 0.2) is 9.84 Å². The molecule has 0 saturated heterocycles. The number of rotatable bonds is 3. The zero-order chi connectivity index (χ0) is 15.0. The monoisotopic (exact) mass is 321 g/mol. The van der Waals surface area contributed by atoms with Gasteiger partial charge in [-0.15, -0.1) is 11.3 Å². The van der Waals surface area contributed by atoms with E-state index in [9.17, 15) is 12.8 Å². The molecule has 6 heteroatoms. The van der Waals surface area contributed by atoms with Gasteiger partial charge in [0.05, 0.1) is 15.3 Å². The first-order chi connectivity index (χ1) is 9.99. The summed E-state index contributed by atoms with van der Waals surface area (Å²) >= 11 is 1.23. The molecule has 3 rings (SSSR count). The lowest BCUT2D eigenvalue weighted by molar-refractivity contribution is 0.594. The van der Waals surface area contributed by atoms with E-state index in [1.807, 2.05) is 0 Å². The number of nitrogens with zero attached hydrogens (tertiary/aromatic N) is 1. The molecule has 0 bridgehead atoms. The molecule has 21 heavy (non-hydrogen) atoms. The Morgan fingerprint density at radius 2 is 2.10 bits per heavy atom. The van der Waals surface area contributed by atoms with Gasteiger partial charge in [-0.3, -0.25) is 4.98 Å². The molecule has 0 aliphatic carbocycles. The Morgan fingerprint density at radius 3 is 2.86 bits per heavy atom. The van der Waals surface area contributed by atoms with Gasteiger partial charge in [0.1, 0.15) is 5.82 Å². The lowest BCUT2D eigenvalue weighted by Crippen LogP contribution is -2.06. The molecule has 1 aromatic carbocycles. The van der Waals surface area contributed by atoms with Crippen LogP contribution in [0, 0.1) is 12.7 Å². The number of fused-ring (bicyclic) bond motifs is 1. The first-order valence-corrected chi connectivity index (χ1v) is 8.80. The Balaban J connectivity index is 2.06. The number of hydrogen-bond acceptors (Lipinski definition) is 4. The summed E-state index contributed by atoms with van der Waals surface area (Å²) < 4.78 is 39.2. The zero-order valence-electron chi connectivity index (χ0n) is 11.2. The van der Waals surface area contributed by atoms with Crippen molar-refractivity contribution >= 4 is 31.3 Å². The molecular formula is C15H12FNO2S2. The van der Waals surface area contributed by atoms with Crippen molar-refractivity contribution in [2.24, 2.45) is 0 Å². The van der Waals surface area contributed by atoms with Crippen LogP contribution in [0.25, 0.3) is 10.1 Å². The number of aryl methyl sites for hydroxylation is 1. The van der Waals surface area contributed by atoms with Crippen molar-refractivity contribution in [2.75, 3.05) is 0 Å². The van der Waals surface area contributed by atoms with Crippen LogP contribution in [0.1, 0.15) is 11.1 Å². The van der Waals surface area contributed by atoms with E-state index in [-0.39, 0.29) is 16.5 Å². The van der Waals surface area contributed by atoms with Gasteiger partial charge in [-0.25, -0.2) is 12.8 Å². The minimum Gasteiger partial charge on any atom is -0.264 e. The van der Waals surface area contributed by atoms with Gasteiger partial charge in [0.2, 0.25) is 0 Å². The second-order valence-electron chi connectivity index (χ2n) is 4.78. The first kappa shape index (κ1) is 14.2. The predicted octanol–water partition coefficient (Wildman–Crippen LogP) is 3.72. The topological polar surface area (TPSA) is 47.0 Å². The molecule has 0 saturated carbocycles. The minimum atomic E-state index is -3.47. The fourth-order valence-electron chi connectivity index (χ4n) is 2.28. The maximum atomic E-state index is 13.7. The summed E-state index contributed by atoms with van der Waals surface area (Å²) in [5, 5.41) is 2.37. The van der Waals surface area contributed by atoms with Gasteiger partial charge < -0.3 is 0 Å². The standard InChI is InChI=1S/C15H12FNO2S2/c1-10-7-17-6-5-14(10)21(18,19)9-11-8-20-15-12(11)3-2-4-13(15)16/h2-8H,9H2,1H3. The molecule has 0 aliphatic rings. The third-order valence-electron chi connectivity index (χ3n) is 3.28. The second-order valence-corrected chi connectivity index (χ2v) is 7.62. The Morgan fingerprint density at radius 1 is 1.29 bits per heavy atom. The van der Waals surface area contributed by atoms with E-state index in [0.29, 0.717) is 21.2 Å². The van der Waals surface area contributed by atoms with Gasteiger partial charge >= 0.3 is 0 Å². The normalized spacial score (nSPS) is 11.9.